The summed E-state index contributed by atoms with van der Waals surface area (Å²) in [6, 6.07) is 5.46. The molecule has 0 aliphatic rings. The summed E-state index contributed by atoms with van der Waals surface area (Å²) in [7, 11) is 0. The van der Waals surface area contributed by atoms with Crippen molar-refractivity contribution >= 4 is 5.97 Å². The van der Waals surface area contributed by atoms with E-state index in [0.717, 1.165) is 11.1 Å². The van der Waals surface area contributed by atoms with Crippen molar-refractivity contribution in [3.05, 3.63) is 29.3 Å². The predicted octanol–water partition coefficient (Wildman–Crippen LogP) is 0.821. The molecule has 1 aromatic carbocycles. The van der Waals surface area contributed by atoms with E-state index in [2.05, 4.69) is 0 Å². The molecule has 0 spiro atoms. The van der Waals surface area contributed by atoms with Gasteiger partial charge in [-0.3, -0.25) is 0 Å². The summed E-state index contributed by atoms with van der Waals surface area (Å²) in [5.74, 6) is -0.645. The van der Waals surface area contributed by atoms with Crippen molar-refractivity contribution in [3.63, 3.8) is 0 Å². The van der Waals surface area contributed by atoms with Crippen LogP contribution in [0.15, 0.2) is 18.2 Å². The minimum atomic E-state index is -1.21. The Labute approximate surface area is 83.3 Å². The molecule has 0 aliphatic heterocycles. The average molecular weight is 193 g/mol. The van der Waals surface area contributed by atoms with Crippen molar-refractivity contribution in [3.8, 4) is 5.75 Å². The van der Waals surface area contributed by atoms with Crippen LogP contribution in [0.1, 0.15) is 18.1 Å². The highest BCUT2D eigenvalue weighted by Gasteiger charge is 2.04. The van der Waals surface area contributed by atoms with Crippen LogP contribution in [-0.2, 0) is 4.79 Å². The number of aliphatic carboxylic acids is 1. The van der Waals surface area contributed by atoms with Crippen LogP contribution in [0, 0.1) is 13.8 Å². The maximum atomic E-state index is 10.4. The van der Waals surface area contributed by atoms with Crippen molar-refractivity contribution < 1.29 is 14.6 Å². The third-order valence-electron chi connectivity index (χ3n) is 2.12. The fraction of sp³-hybridized carbons (Fsp3) is 0.364. The number of hydrogen-bond donors (Lipinski definition) is 0. The number of aryl methyl sites for hydroxylation is 2. The van der Waals surface area contributed by atoms with Crippen LogP contribution >= 0.6 is 0 Å². The molecule has 0 radical (unpaired) electrons. The van der Waals surface area contributed by atoms with E-state index < -0.39 is 12.1 Å². The van der Waals surface area contributed by atoms with Crippen LogP contribution in [0.4, 0.5) is 0 Å². The Balaban J connectivity index is 2.78. The number of hydrogen-bond acceptors (Lipinski definition) is 3. The first kappa shape index (κ1) is 10.6. The first-order valence-electron chi connectivity index (χ1n) is 4.45. The first-order valence-corrected chi connectivity index (χ1v) is 4.45. The van der Waals surface area contributed by atoms with Crippen LogP contribution in [0.2, 0.25) is 0 Å². The molecule has 0 saturated heterocycles. The third-order valence-corrected chi connectivity index (χ3v) is 2.12. The van der Waals surface area contributed by atoms with E-state index in [9.17, 15) is 9.90 Å². The van der Waals surface area contributed by atoms with Gasteiger partial charge in [-0.05, 0) is 44.0 Å². The second kappa shape index (κ2) is 4.13. The van der Waals surface area contributed by atoms with Crippen LogP contribution in [-0.4, -0.2) is 12.1 Å². The van der Waals surface area contributed by atoms with Gasteiger partial charge in [0.2, 0.25) is 0 Å². The molecular weight excluding hydrogens is 180 g/mol. The summed E-state index contributed by atoms with van der Waals surface area (Å²) in [5, 5.41) is 10.4. The predicted molar refractivity (Wildman–Crippen MR) is 51.0 cm³/mol. The fourth-order valence-corrected chi connectivity index (χ4v) is 1.04. The van der Waals surface area contributed by atoms with E-state index in [1.807, 2.05) is 26.0 Å². The van der Waals surface area contributed by atoms with E-state index in [4.69, 9.17) is 4.74 Å². The highest BCUT2D eigenvalue weighted by atomic mass is 16.5. The molecule has 0 heterocycles. The van der Waals surface area contributed by atoms with E-state index in [1.165, 1.54) is 6.92 Å². The molecule has 0 aromatic heterocycles. The lowest BCUT2D eigenvalue weighted by atomic mass is 10.1. The van der Waals surface area contributed by atoms with E-state index in [-0.39, 0.29) is 0 Å². The van der Waals surface area contributed by atoms with Crippen molar-refractivity contribution in [2.24, 2.45) is 0 Å². The Morgan fingerprint density at radius 1 is 1.36 bits per heavy atom. The zero-order chi connectivity index (χ0) is 10.7. The van der Waals surface area contributed by atoms with Gasteiger partial charge in [0.25, 0.3) is 0 Å². The zero-order valence-corrected chi connectivity index (χ0v) is 8.53. The monoisotopic (exact) mass is 193 g/mol. The zero-order valence-electron chi connectivity index (χ0n) is 8.53. The maximum Gasteiger partial charge on any atom is 0.135 e. The summed E-state index contributed by atoms with van der Waals surface area (Å²) < 4.78 is 5.15. The molecule has 0 saturated carbocycles. The third kappa shape index (κ3) is 2.49. The molecule has 0 fully saturated rings. The minimum absolute atomic E-state index is 0.560. The molecule has 0 unspecified atom stereocenters. The highest BCUT2D eigenvalue weighted by molar-refractivity contribution is 5.69. The molecule has 14 heavy (non-hydrogen) atoms. The van der Waals surface area contributed by atoms with Gasteiger partial charge in [-0.1, -0.05) is 6.07 Å². The number of ether oxygens (including phenoxy) is 1. The molecule has 76 valence electrons. The smallest absolute Gasteiger partial charge is 0.135 e. The normalized spacial score (nSPS) is 12.2. The lowest BCUT2D eigenvalue weighted by Crippen LogP contribution is -2.37. The molecule has 3 heteroatoms. The van der Waals surface area contributed by atoms with Gasteiger partial charge in [-0.2, -0.15) is 0 Å². The minimum Gasteiger partial charge on any atom is -0.546 e. The van der Waals surface area contributed by atoms with Crippen LogP contribution < -0.4 is 9.84 Å². The van der Waals surface area contributed by atoms with Crippen LogP contribution in [0.25, 0.3) is 0 Å². The molecule has 0 amide bonds. The van der Waals surface area contributed by atoms with E-state index in [0.29, 0.717) is 5.75 Å². The van der Waals surface area contributed by atoms with Crippen LogP contribution in [0.3, 0.4) is 0 Å². The molecule has 1 atom stereocenters. The van der Waals surface area contributed by atoms with Crippen molar-refractivity contribution in [2.45, 2.75) is 26.9 Å². The number of carboxylic acid groups (broad SMARTS) is 1. The highest BCUT2D eigenvalue weighted by Crippen LogP contribution is 2.17. The van der Waals surface area contributed by atoms with Crippen molar-refractivity contribution in [1.29, 1.82) is 0 Å². The first-order chi connectivity index (χ1) is 6.50. The molecule has 3 nitrogen and oxygen atoms in total. The van der Waals surface area contributed by atoms with Crippen molar-refractivity contribution in [1.82, 2.24) is 0 Å². The van der Waals surface area contributed by atoms with Gasteiger partial charge in [0.15, 0.2) is 0 Å². The Morgan fingerprint density at radius 2 is 2.00 bits per heavy atom. The van der Waals surface area contributed by atoms with E-state index >= 15 is 0 Å². The summed E-state index contributed by atoms with van der Waals surface area (Å²) in [4.78, 5) is 10.4. The Hall–Kier alpha value is -1.51. The van der Waals surface area contributed by atoms with E-state index in [1.54, 1.807) is 6.07 Å². The second-order valence-corrected chi connectivity index (χ2v) is 3.33. The summed E-state index contributed by atoms with van der Waals surface area (Å²) >= 11 is 0. The Bertz CT molecular complexity index is 344. The number of rotatable bonds is 3. The number of carboxylic acids is 1. The van der Waals surface area contributed by atoms with Gasteiger partial charge >= 0.3 is 0 Å². The molecular formula is C11H13O3-. The number of benzene rings is 1. The second-order valence-electron chi connectivity index (χ2n) is 3.33. The largest absolute Gasteiger partial charge is 0.546 e. The van der Waals surface area contributed by atoms with Gasteiger partial charge in [-0.15, -0.1) is 0 Å². The molecule has 1 rings (SSSR count). The van der Waals surface area contributed by atoms with Crippen LogP contribution in [0.5, 0.6) is 5.75 Å². The number of carbonyl (C=O) groups excluding carboxylic acids is 1. The quantitative estimate of drug-likeness (QED) is 0.714. The average Bonchev–Trinajstić information content (AvgIpc) is 2.11. The Kier molecular flexibility index (Phi) is 3.12. The van der Waals surface area contributed by atoms with Gasteiger partial charge < -0.3 is 14.6 Å². The molecule has 0 aliphatic carbocycles. The van der Waals surface area contributed by atoms with Gasteiger partial charge in [-0.25, -0.2) is 0 Å². The number of carbonyl (C=O) groups is 1. The van der Waals surface area contributed by atoms with Gasteiger partial charge in [0.05, 0.1) is 5.97 Å². The van der Waals surface area contributed by atoms with Gasteiger partial charge in [0.1, 0.15) is 11.9 Å². The van der Waals surface area contributed by atoms with Gasteiger partial charge in [0, 0.05) is 0 Å². The topological polar surface area (TPSA) is 49.4 Å². The lowest BCUT2D eigenvalue weighted by Gasteiger charge is -2.16. The molecule has 0 N–H and O–H groups in total. The summed E-state index contributed by atoms with van der Waals surface area (Å²) in [6.07, 6.45) is -0.919. The summed E-state index contributed by atoms with van der Waals surface area (Å²) in [6.45, 7) is 5.39. The fourth-order valence-electron chi connectivity index (χ4n) is 1.04. The summed E-state index contributed by atoms with van der Waals surface area (Å²) in [5.41, 5.74) is 2.23. The maximum absolute atomic E-state index is 10.4. The SMILES string of the molecule is Cc1ccc(O[C@H](C)C(=O)[O-])cc1C. The standard InChI is InChI=1S/C11H14O3/c1-7-4-5-10(6-8(7)2)14-9(3)11(12)13/h4-6,9H,1-3H3,(H,12,13)/p-1/t9-/m1/s1. The molecule has 0 bridgehead atoms. The van der Waals surface area contributed by atoms with Crippen molar-refractivity contribution in [2.75, 3.05) is 0 Å². The lowest BCUT2D eigenvalue weighted by molar-refractivity contribution is -0.312. The molecule has 1 aromatic rings. The Morgan fingerprint density at radius 3 is 2.50 bits per heavy atom.